The van der Waals surface area contributed by atoms with Gasteiger partial charge in [0.25, 0.3) is 0 Å². The van der Waals surface area contributed by atoms with Gasteiger partial charge in [-0.15, -0.1) is 0 Å². The van der Waals surface area contributed by atoms with Gasteiger partial charge in [0.05, 0.1) is 6.10 Å². The lowest BCUT2D eigenvalue weighted by Gasteiger charge is -2.05. The largest absolute Gasteiger partial charge is 0.390 e. The number of hydrogen-bond acceptors (Lipinski definition) is 2. The number of benzene rings is 1. The van der Waals surface area contributed by atoms with E-state index in [1.807, 2.05) is 12.1 Å². The number of aliphatic hydroxyl groups excluding tert-OH is 1. The summed E-state index contributed by atoms with van der Waals surface area (Å²) in [6.45, 7) is 1.59. The summed E-state index contributed by atoms with van der Waals surface area (Å²) in [7, 11) is 0. The molecule has 1 rings (SSSR count). The topological polar surface area (TPSA) is 32.6 Å². The summed E-state index contributed by atoms with van der Waals surface area (Å²) in [5, 5.41) is 9.76. The highest BCUT2D eigenvalue weighted by molar-refractivity contribution is 6.30. The van der Waals surface area contributed by atoms with Gasteiger partial charge in [-0.05, 0) is 24.6 Å². The summed E-state index contributed by atoms with van der Waals surface area (Å²) in [5.74, 6) is 0. The molecule has 2 unspecified atom stereocenters. The van der Waals surface area contributed by atoms with E-state index < -0.39 is 11.6 Å². The van der Waals surface area contributed by atoms with E-state index in [4.69, 9.17) is 28.3 Å². The zero-order valence-corrected chi connectivity index (χ0v) is 9.20. The van der Waals surface area contributed by atoms with Gasteiger partial charge in [-0.3, -0.25) is 4.99 Å². The van der Waals surface area contributed by atoms with Crippen molar-refractivity contribution in [3.8, 4) is 0 Å². The molecule has 76 valence electrons. The third-order valence-corrected chi connectivity index (χ3v) is 2.36. The molecule has 0 saturated heterocycles. The van der Waals surface area contributed by atoms with Crippen molar-refractivity contribution in [2.24, 2.45) is 4.99 Å². The second kappa shape index (κ2) is 5.35. The van der Waals surface area contributed by atoms with Crippen LogP contribution in [0.4, 0.5) is 0 Å². The van der Waals surface area contributed by atoms with Gasteiger partial charge in [-0.2, -0.15) is 0 Å². The molecule has 1 aromatic carbocycles. The zero-order chi connectivity index (χ0) is 10.6. The van der Waals surface area contributed by atoms with Gasteiger partial charge in [0, 0.05) is 11.2 Å². The van der Waals surface area contributed by atoms with E-state index in [-0.39, 0.29) is 0 Å². The molecule has 0 radical (unpaired) electrons. The minimum absolute atomic E-state index is 0.606. The van der Waals surface area contributed by atoms with Crippen LogP contribution in [0.15, 0.2) is 29.3 Å². The lowest BCUT2D eigenvalue weighted by atomic mass is 10.2. The molecular formula is C10H11Cl2NO. The Morgan fingerprint density at radius 3 is 2.43 bits per heavy atom. The van der Waals surface area contributed by atoms with E-state index in [1.165, 1.54) is 0 Å². The average Bonchev–Trinajstić information content (AvgIpc) is 2.16. The third kappa shape index (κ3) is 3.66. The normalized spacial score (nSPS) is 15.7. The quantitative estimate of drug-likeness (QED) is 0.485. The van der Waals surface area contributed by atoms with Crippen LogP contribution in [0.25, 0.3) is 0 Å². The molecule has 0 aliphatic carbocycles. The second-order valence-corrected chi connectivity index (χ2v) is 3.83. The maximum absolute atomic E-state index is 9.08. The van der Waals surface area contributed by atoms with Crippen LogP contribution in [0.5, 0.6) is 0 Å². The lowest BCUT2D eigenvalue weighted by Crippen LogP contribution is -2.13. The van der Waals surface area contributed by atoms with Gasteiger partial charge in [-0.25, -0.2) is 0 Å². The lowest BCUT2D eigenvalue weighted by molar-refractivity contribution is 0.191. The molecule has 0 aromatic heterocycles. The first-order chi connectivity index (χ1) is 6.59. The van der Waals surface area contributed by atoms with Crippen molar-refractivity contribution in [1.29, 1.82) is 0 Å². The Morgan fingerprint density at radius 2 is 1.93 bits per heavy atom. The van der Waals surface area contributed by atoms with Gasteiger partial charge >= 0.3 is 0 Å². The summed E-state index contributed by atoms with van der Waals surface area (Å²) in [4.78, 5) is 3.97. The van der Waals surface area contributed by atoms with Crippen LogP contribution in [0.1, 0.15) is 12.5 Å². The third-order valence-electron chi connectivity index (χ3n) is 1.63. The Balaban J connectivity index is 2.64. The molecule has 1 N–H and O–H groups in total. The number of alkyl halides is 1. The van der Waals surface area contributed by atoms with Crippen molar-refractivity contribution in [3.05, 3.63) is 34.9 Å². The molecule has 2 nitrogen and oxygen atoms in total. The van der Waals surface area contributed by atoms with Crippen LogP contribution < -0.4 is 0 Å². The highest BCUT2D eigenvalue weighted by Crippen LogP contribution is 2.09. The fourth-order valence-electron chi connectivity index (χ4n) is 0.831. The van der Waals surface area contributed by atoms with E-state index in [9.17, 15) is 0 Å². The molecule has 0 fully saturated rings. The van der Waals surface area contributed by atoms with Crippen LogP contribution in [0.3, 0.4) is 0 Å². The highest BCUT2D eigenvalue weighted by Gasteiger charge is 2.06. The van der Waals surface area contributed by atoms with Gasteiger partial charge < -0.3 is 5.11 Å². The van der Waals surface area contributed by atoms with E-state index in [0.717, 1.165) is 5.56 Å². The fourth-order valence-corrected chi connectivity index (χ4v) is 1.01. The van der Waals surface area contributed by atoms with Crippen LogP contribution in [-0.2, 0) is 0 Å². The number of aliphatic imine (C=N–C) groups is 1. The summed E-state index contributed by atoms with van der Waals surface area (Å²) in [6.07, 6.45) is 0.959. The van der Waals surface area contributed by atoms with Crippen molar-refractivity contribution in [1.82, 2.24) is 0 Å². The summed E-state index contributed by atoms with van der Waals surface area (Å²) < 4.78 is 0. The minimum atomic E-state index is -0.653. The van der Waals surface area contributed by atoms with Gasteiger partial charge in [0.2, 0.25) is 0 Å². The number of halogens is 2. The molecule has 2 atom stereocenters. The molecule has 0 saturated carbocycles. The van der Waals surface area contributed by atoms with Crippen molar-refractivity contribution >= 4 is 29.4 Å². The molecule has 0 amide bonds. The summed E-state index contributed by atoms with van der Waals surface area (Å²) in [6, 6.07) is 7.21. The fraction of sp³-hybridized carbons (Fsp3) is 0.300. The Labute approximate surface area is 93.2 Å². The number of rotatable bonds is 3. The molecule has 4 heteroatoms. The maximum atomic E-state index is 9.08. The first-order valence-electron chi connectivity index (χ1n) is 4.20. The van der Waals surface area contributed by atoms with Crippen molar-refractivity contribution in [3.63, 3.8) is 0 Å². The smallest absolute Gasteiger partial charge is 0.149 e. The minimum Gasteiger partial charge on any atom is -0.390 e. The first-order valence-corrected chi connectivity index (χ1v) is 5.02. The van der Waals surface area contributed by atoms with E-state index in [1.54, 1.807) is 25.3 Å². The molecular weight excluding hydrogens is 221 g/mol. The molecule has 0 spiro atoms. The van der Waals surface area contributed by atoms with Gasteiger partial charge in [0.15, 0.2) is 0 Å². The monoisotopic (exact) mass is 231 g/mol. The van der Waals surface area contributed by atoms with Crippen LogP contribution in [0, 0.1) is 0 Å². The number of nitrogens with zero attached hydrogens (tertiary/aromatic N) is 1. The molecule has 0 heterocycles. The molecule has 1 aromatic rings. The van der Waals surface area contributed by atoms with Crippen molar-refractivity contribution < 1.29 is 5.11 Å². The SMILES string of the molecule is CC(O)C(Cl)/N=C\c1ccc(Cl)cc1. The zero-order valence-electron chi connectivity index (χ0n) is 7.69. The van der Waals surface area contributed by atoms with E-state index in [2.05, 4.69) is 4.99 Å². The predicted molar refractivity (Wildman–Crippen MR) is 60.4 cm³/mol. The maximum Gasteiger partial charge on any atom is 0.149 e. The number of hydrogen-bond donors (Lipinski definition) is 1. The van der Waals surface area contributed by atoms with E-state index in [0.29, 0.717) is 5.02 Å². The van der Waals surface area contributed by atoms with E-state index >= 15 is 0 Å². The summed E-state index contributed by atoms with van der Waals surface area (Å²) >= 11 is 11.4. The number of aliphatic hydroxyl groups is 1. The van der Waals surface area contributed by atoms with Gasteiger partial charge in [0.1, 0.15) is 5.50 Å². The molecule has 0 aliphatic rings. The Kier molecular flexibility index (Phi) is 4.39. The molecule has 0 aliphatic heterocycles. The van der Waals surface area contributed by atoms with Gasteiger partial charge in [-0.1, -0.05) is 35.3 Å². The second-order valence-electron chi connectivity index (χ2n) is 2.94. The molecule has 0 bridgehead atoms. The Hall–Kier alpha value is -0.570. The summed E-state index contributed by atoms with van der Waals surface area (Å²) in [5.41, 5.74) is 0.298. The van der Waals surface area contributed by atoms with Crippen LogP contribution in [-0.4, -0.2) is 22.9 Å². The van der Waals surface area contributed by atoms with Crippen LogP contribution in [0.2, 0.25) is 5.02 Å². The first kappa shape index (κ1) is 11.5. The average molecular weight is 232 g/mol. The Morgan fingerprint density at radius 1 is 1.36 bits per heavy atom. The van der Waals surface area contributed by atoms with Crippen molar-refractivity contribution in [2.45, 2.75) is 18.5 Å². The highest BCUT2D eigenvalue weighted by atomic mass is 35.5. The predicted octanol–water partition coefficient (Wildman–Crippen LogP) is 2.70. The van der Waals surface area contributed by atoms with Crippen molar-refractivity contribution in [2.75, 3.05) is 0 Å². The standard InChI is InChI=1S/C10H11Cl2NO/c1-7(14)10(12)13-6-8-2-4-9(11)5-3-8/h2-7,10,14H,1H3/b13-6-. The molecule has 14 heavy (non-hydrogen) atoms. The van der Waals surface area contributed by atoms with Crippen LogP contribution >= 0.6 is 23.2 Å². The Bertz CT molecular complexity index is 308.